The van der Waals surface area contributed by atoms with E-state index in [9.17, 15) is 9.90 Å². The van der Waals surface area contributed by atoms with Crippen molar-refractivity contribution in [3.8, 4) is 5.75 Å². The van der Waals surface area contributed by atoms with Gasteiger partial charge in [0.25, 0.3) is 5.91 Å². The van der Waals surface area contributed by atoms with Crippen molar-refractivity contribution in [2.45, 2.75) is 0 Å². The number of phenols is 1. The molecule has 0 fully saturated rings. The molecule has 108 valence electrons. The topological polar surface area (TPSA) is 61.7 Å². The van der Waals surface area contributed by atoms with Crippen LogP contribution in [0, 0.1) is 7.14 Å². The monoisotopic (exact) mass is 570 g/mol. The highest BCUT2D eigenvalue weighted by Crippen LogP contribution is 2.25. The van der Waals surface area contributed by atoms with Crippen molar-refractivity contribution in [3.63, 3.8) is 0 Å². The minimum absolute atomic E-state index is 0.148. The van der Waals surface area contributed by atoms with E-state index in [-0.39, 0.29) is 11.7 Å². The number of hydrazone groups is 1. The SMILES string of the molecule is O=C(NN=Cc1cc(I)cc(I)c1O)c1ccccc1Br. The van der Waals surface area contributed by atoms with Gasteiger partial charge < -0.3 is 5.11 Å². The van der Waals surface area contributed by atoms with Crippen molar-refractivity contribution in [1.29, 1.82) is 0 Å². The molecule has 0 aliphatic rings. The normalized spacial score (nSPS) is 10.8. The van der Waals surface area contributed by atoms with E-state index in [1.54, 1.807) is 24.3 Å². The van der Waals surface area contributed by atoms with Crippen LogP contribution in [0.2, 0.25) is 0 Å². The number of nitrogens with zero attached hydrogens (tertiary/aromatic N) is 1. The Morgan fingerprint density at radius 2 is 2.00 bits per heavy atom. The molecule has 0 aliphatic carbocycles. The molecule has 0 saturated heterocycles. The minimum Gasteiger partial charge on any atom is -0.506 e. The molecule has 0 saturated carbocycles. The highest BCUT2D eigenvalue weighted by Gasteiger charge is 2.08. The number of amides is 1. The molecule has 0 heterocycles. The smallest absolute Gasteiger partial charge is 0.272 e. The summed E-state index contributed by atoms with van der Waals surface area (Å²) in [6.45, 7) is 0. The first kappa shape index (κ1) is 16.7. The molecule has 7 heteroatoms. The van der Waals surface area contributed by atoms with Gasteiger partial charge in [0.1, 0.15) is 5.75 Å². The molecule has 0 aromatic heterocycles. The summed E-state index contributed by atoms with van der Waals surface area (Å²) in [4.78, 5) is 12.0. The number of hydrogen-bond donors (Lipinski definition) is 2. The Bertz CT molecular complexity index is 720. The summed E-state index contributed by atoms with van der Waals surface area (Å²) in [6, 6.07) is 10.7. The van der Waals surface area contributed by atoms with Crippen LogP contribution in [0.3, 0.4) is 0 Å². The molecule has 2 aromatic carbocycles. The predicted octanol–water partition coefficient (Wildman–Crippen LogP) is 4.13. The van der Waals surface area contributed by atoms with E-state index in [2.05, 4.69) is 49.0 Å². The Morgan fingerprint density at radius 1 is 1.29 bits per heavy atom. The third-order valence-electron chi connectivity index (χ3n) is 2.55. The number of benzene rings is 2. The van der Waals surface area contributed by atoms with Gasteiger partial charge in [0.2, 0.25) is 0 Å². The van der Waals surface area contributed by atoms with Gasteiger partial charge in [-0.1, -0.05) is 12.1 Å². The maximum atomic E-state index is 12.0. The quantitative estimate of drug-likeness (QED) is 0.331. The molecule has 2 rings (SSSR count). The fourth-order valence-electron chi connectivity index (χ4n) is 1.55. The Labute approximate surface area is 157 Å². The van der Waals surface area contributed by atoms with Gasteiger partial charge >= 0.3 is 0 Å². The van der Waals surface area contributed by atoms with E-state index in [1.165, 1.54) is 6.21 Å². The number of hydrogen-bond acceptors (Lipinski definition) is 3. The van der Waals surface area contributed by atoms with Crippen LogP contribution >= 0.6 is 61.1 Å². The van der Waals surface area contributed by atoms with Gasteiger partial charge in [0.15, 0.2) is 0 Å². The van der Waals surface area contributed by atoms with Crippen LogP contribution in [-0.4, -0.2) is 17.2 Å². The lowest BCUT2D eigenvalue weighted by Gasteiger charge is -2.04. The van der Waals surface area contributed by atoms with Crippen molar-refractivity contribution in [2.24, 2.45) is 5.10 Å². The number of carbonyl (C=O) groups excluding carboxylic acids is 1. The van der Waals surface area contributed by atoms with Gasteiger partial charge in [-0.05, 0) is 85.4 Å². The van der Waals surface area contributed by atoms with Crippen molar-refractivity contribution < 1.29 is 9.90 Å². The fraction of sp³-hybridized carbons (Fsp3) is 0. The van der Waals surface area contributed by atoms with Crippen LogP contribution in [0.1, 0.15) is 15.9 Å². The van der Waals surface area contributed by atoms with Gasteiger partial charge in [-0.2, -0.15) is 5.10 Å². The first-order valence-electron chi connectivity index (χ1n) is 5.75. The predicted molar refractivity (Wildman–Crippen MR) is 103 cm³/mol. The zero-order valence-corrected chi connectivity index (χ0v) is 16.4. The zero-order valence-electron chi connectivity index (χ0n) is 10.5. The standard InChI is InChI=1S/C14H9BrI2N2O2/c15-11-4-2-1-3-10(11)14(21)19-18-7-8-5-9(16)6-12(17)13(8)20/h1-7,20H,(H,19,21). The fourth-order valence-corrected chi connectivity index (χ4v) is 3.90. The van der Waals surface area contributed by atoms with Crippen molar-refractivity contribution in [2.75, 3.05) is 0 Å². The zero-order chi connectivity index (χ0) is 15.4. The summed E-state index contributed by atoms with van der Waals surface area (Å²) in [6.07, 6.45) is 1.43. The molecule has 0 atom stereocenters. The maximum absolute atomic E-state index is 12.0. The van der Waals surface area contributed by atoms with E-state index in [0.29, 0.717) is 15.6 Å². The first-order valence-corrected chi connectivity index (χ1v) is 8.70. The second-order valence-electron chi connectivity index (χ2n) is 4.00. The van der Waals surface area contributed by atoms with Crippen LogP contribution in [0.5, 0.6) is 5.75 Å². The van der Waals surface area contributed by atoms with Crippen molar-refractivity contribution >= 4 is 73.2 Å². The number of rotatable bonds is 3. The Hall–Kier alpha value is -0.680. The number of aromatic hydroxyl groups is 1. The number of phenolic OH excluding ortho intramolecular Hbond substituents is 1. The summed E-state index contributed by atoms with van der Waals surface area (Å²) in [7, 11) is 0. The molecule has 0 unspecified atom stereocenters. The van der Waals surface area contributed by atoms with Gasteiger partial charge in [0.05, 0.1) is 15.3 Å². The average Bonchev–Trinajstić information content (AvgIpc) is 2.44. The Morgan fingerprint density at radius 3 is 2.71 bits per heavy atom. The highest BCUT2D eigenvalue weighted by atomic mass is 127. The minimum atomic E-state index is -0.321. The number of nitrogens with one attached hydrogen (secondary N) is 1. The van der Waals surface area contributed by atoms with Crippen LogP contribution in [-0.2, 0) is 0 Å². The van der Waals surface area contributed by atoms with Crippen LogP contribution < -0.4 is 5.43 Å². The van der Waals surface area contributed by atoms with Gasteiger partial charge in [-0.3, -0.25) is 4.79 Å². The van der Waals surface area contributed by atoms with Crippen molar-refractivity contribution in [1.82, 2.24) is 5.43 Å². The van der Waals surface area contributed by atoms with Gasteiger partial charge in [-0.15, -0.1) is 0 Å². The second kappa shape index (κ2) is 7.54. The summed E-state index contributed by atoms with van der Waals surface area (Å²) in [5, 5.41) is 13.8. The molecule has 4 nitrogen and oxygen atoms in total. The van der Waals surface area contributed by atoms with Crippen molar-refractivity contribution in [3.05, 3.63) is 59.1 Å². The first-order chi connectivity index (χ1) is 9.99. The lowest BCUT2D eigenvalue weighted by Crippen LogP contribution is -2.18. The molecular weight excluding hydrogens is 562 g/mol. The van der Waals surface area contributed by atoms with Gasteiger partial charge in [-0.25, -0.2) is 5.43 Å². The van der Waals surface area contributed by atoms with E-state index >= 15 is 0 Å². The third kappa shape index (κ3) is 4.39. The highest BCUT2D eigenvalue weighted by molar-refractivity contribution is 14.1. The molecule has 2 aromatic rings. The number of halogens is 3. The molecule has 0 spiro atoms. The summed E-state index contributed by atoms with van der Waals surface area (Å²) in [5.74, 6) is -0.173. The van der Waals surface area contributed by atoms with E-state index in [4.69, 9.17) is 0 Å². The van der Waals surface area contributed by atoms with E-state index in [1.807, 2.05) is 34.7 Å². The molecule has 1 amide bonds. The molecule has 2 N–H and O–H groups in total. The largest absolute Gasteiger partial charge is 0.506 e. The summed E-state index contributed by atoms with van der Waals surface area (Å²) < 4.78 is 2.41. The second-order valence-corrected chi connectivity index (χ2v) is 7.27. The third-order valence-corrected chi connectivity index (χ3v) is 4.68. The number of carbonyl (C=O) groups is 1. The van der Waals surface area contributed by atoms with Crippen LogP contribution in [0.25, 0.3) is 0 Å². The summed E-state index contributed by atoms with van der Waals surface area (Å²) >= 11 is 7.51. The van der Waals surface area contributed by atoms with E-state index in [0.717, 1.165) is 7.14 Å². The molecule has 0 radical (unpaired) electrons. The lowest BCUT2D eigenvalue weighted by atomic mass is 10.2. The summed E-state index contributed by atoms with van der Waals surface area (Å²) in [5.41, 5.74) is 3.49. The molecule has 0 bridgehead atoms. The molecule has 21 heavy (non-hydrogen) atoms. The average molecular weight is 571 g/mol. The lowest BCUT2D eigenvalue weighted by molar-refractivity contribution is 0.0954. The maximum Gasteiger partial charge on any atom is 0.272 e. The van der Waals surface area contributed by atoms with Gasteiger partial charge in [0, 0.05) is 13.6 Å². The van der Waals surface area contributed by atoms with E-state index < -0.39 is 0 Å². The van der Waals surface area contributed by atoms with Crippen LogP contribution in [0.4, 0.5) is 0 Å². The Kier molecular flexibility index (Phi) is 5.99. The Balaban J connectivity index is 2.13. The molecular formula is C14H9BrI2N2O2. The van der Waals surface area contributed by atoms with Crippen LogP contribution in [0.15, 0.2) is 46.0 Å². The molecule has 0 aliphatic heterocycles.